The summed E-state index contributed by atoms with van der Waals surface area (Å²) in [5.41, 5.74) is 1.02. The first-order valence-corrected chi connectivity index (χ1v) is 5.22. The van der Waals surface area contributed by atoms with E-state index in [-0.39, 0.29) is 11.9 Å². The van der Waals surface area contributed by atoms with Crippen LogP contribution in [0.5, 0.6) is 0 Å². The zero-order valence-corrected chi connectivity index (χ0v) is 9.93. The molecule has 1 atom stereocenters. The Labute approximate surface area is 92.1 Å². The summed E-state index contributed by atoms with van der Waals surface area (Å²) in [6, 6.07) is -0.177. The van der Waals surface area contributed by atoms with Gasteiger partial charge in [-0.05, 0) is 20.3 Å². The monoisotopic (exact) mass is 214 g/mol. The fourth-order valence-electron chi connectivity index (χ4n) is 1.00. The third kappa shape index (κ3) is 8.15. The molecule has 4 heteroatoms. The van der Waals surface area contributed by atoms with Crippen molar-refractivity contribution in [1.82, 2.24) is 10.6 Å². The average molecular weight is 214 g/mol. The van der Waals surface area contributed by atoms with E-state index in [2.05, 4.69) is 17.2 Å². The van der Waals surface area contributed by atoms with Crippen molar-refractivity contribution >= 4 is 5.91 Å². The number of rotatable bonds is 8. The summed E-state index contributed by atoms with van der Waals surface area (Å²) in [5, 5.41) is 5.91. The van der Waals surface area contributed by atoms with Crippen LogP contribution < -0.4 is 10.6 Å². The van der Waals surface area contributed by atoms with Crippen LogP contribution in [-0.2, 0) is 9.53 Å². The van der Waals surface area contributed by atoms with Gasteiger partial charge >= 0.3 is 0 Å². The molecule has 0 saturated carbocycles. The molecule has 4 nitrogen and oxygen atoms in total. The lowest BCUT2D eigenvalue weighted by Crippen LogP contribution is -2.43. The van der Waals surface area contributed by atoms with Gasteiger partial charge in [-0.3, -0.25) is 4.79 Å². The SMILES string of the molecule is C=C(C)CNC(C)C(=O)NCCCOC. The van der Waals surface area contributed by atoms with Gasteiger partial charge < -0.3 is 15.4 Å². The van der Waals surface area contributed by atoms with Gasteiger partial charge in [-0.1, -0.05) is 12.2 Å². The highest BCUT2D eigenvalue weighted by atomic mass is 16.5. The molecule has 0 aromatic rings. The maximum Gasteiger partial charge on any atom is 0.236 e. The van der Waals surface area contributed by atoms with E-state index >= 15 is 0 Å². The van der Waals surface area contributed by atoms with Crippen LogP contribution in [0.15, 0.2) is 12.2 Å². The van der Waals surface area contributed by atoms with E-state index < -0.39 is 0 Å². The Morgan fingerprint density at radius 3 is 2.73 bits per heavy atom. The summed E-state index contributed by atoms with van der Waals surface area (Å²) in [5.74, 6) is 0.0207. The lowest BCUT2D eigenvalue weighted by molar-refractivity contribution is -0.122. The smallest absolute Gasteiger partial charge is 0.236 e. The average Bonchev–Trinajstić information content (AvgIpc) is 2.20. The quantitative estimate of drug-likeness (QED) is 0.462. The summed E-state index contributed by atoms with van der Waals surface area (Å²) in [6.45, 7) is 9.54. The van der Waals surface area contributed by atoms with Crippen LogP contribution in [0.2, 0.25) is 0 Å². The van der Waals surface area contributed by atoms with Crippen LogP contribution >= 0.6 is 0 Å². The summed E-state index contributed by atoms with van der Waals surface area (Å²) in [7, 11) is 1.65. The summed E-state index contributed by atoms with van der Waals surface area (Å²) in [4.78, 5) is 11.5. The summed E-state index contributed by atoms with van der Waals surface area (Å²) in [6.07, 6.45) is 0.843. The largest absolute Gasteiger partial charge is 0.385 e. The molecule has 1 unspecified atom stereocenters. The molecule has 15 heavy (non-hydrogen) atoms. The molecule has 0 aromatic heterocycles. The van der Waals surface area contributed by atoms with Gasteiger partial charge in [0.25, 0.3) is 0 Å². The second kappa shape index (κ2) is 8.44. The molecule has 0 aliphatic heterocycles. The molecule has 2 N–H and O–H groups in total. The fourth-order valence-corrected chi connectivity index (χ4v) is 1.00. The van der Waals surface area contributed by atoms with E-state index in [1.807, 2.05) is 13.8 Å². The molecule has 0 saturated heterocycles. The minimum atomic E-state index is -0.177. The van der Waals surface area contributed by atoms with Crippen molar-refractivity contribution in [3.05, 3.63) is 12.2 Å². The van der Waals surface area contributed by atoms with Crippen LogP contribution in [0.3, 0.4) is 0 Å². The molecule has 0 bridgehead atoms. The minimum absolute atomic E-state index is 0.0207. The van der Waals surface area contributed by atoms with E-state index in [0.29, 0.717) is 19.7 Å². The van der Waals surface area contributed by atoms with Gasteiger partial charge in [0.2, 0.25) is 5.91 Å². The Hall–Kier alpha value is -0.870. The Balaban J connectivity index is 3.55. The third-order valence-corrected chi connectivity index (χ3v) is 1.93. The molecule has 0 fully saturated rings. The highest BCUT2D eigenvalue weighted by molar-refractivity contribution is 5.81. The standard InChI is InChI=1S/C11H22N2O2/c1-9(2)8-13-10(3)11(14)12-6-5-7-15-4/h10,13H,1,5-8H2,2-4H3,(H,12,14). The highest BCUT2D eigenvalue weighted by Gasteiger charge is 2.10. The topological polar surface area (TPSA) is 50.4 Å². The molecule has 0 rings (SSSR count). The second-order valence-electron chi connectivity index (χ2n) is 3.70. The molecule has 0 radical (unpaired) electrons. The van der Waals surface area contributed by atoms with Gasteiger partial charge in [0.05, 0.1) is 6.04 Å². The first kappa shape index (κ1) is 14.1. The third-order valence-electron chi connectivity index (χ3n) is 1.93. The number of carbonyl (C=O) groups excluding carboxylic acids is 1. The van der Waals surface area contributed by atoms with Crippen molar-refractivity contribution in [2.24, 2.45) is 0 Å². The van der Waals surface area contributed by atoms with Crippen molar-refractivity contribution in [1.29, 1.82) is 0 Å². The molecule has 1 amide bonds. The molecule has 0 spiro atoms. The van der Waals surface area contributed by atoms with Crippen molar-refractivity contribution in [3.8, 4) is 0 Å². The molecule has 0 aliphatic carbocycles. The van der Waals surface area contributed by atoms with E-state index in [1.54, 1.807) is 7.11 Å². The normalized spacial score (nSPS) is 12.2. The summed E-state index contributed by atoms with van der Waals surface area (Å²) >= 11 is 0. The zero-order chi connectivity index (χ0) is 11.7. The fraction of sp³-hybridized carbons (Fsp3) is 0.727. The van der Waals surface area contributed by atoms with Crippen molar-refractivity contribution in [2.45, 2.75) is 26.3 Å². The molecular weight excluding hydrogens is 192 g/mol. The lowest BCUT2D eigenvalue weighted by Gasteiger charge is -2.13. The Kier molecular flexibility index (Phi) is 7.95. The van der Waals surface area contributed by atoms with Crippen molar-refractivity contribution in [3.63, 3.8) is 0 Å². The van der Waals surface area contributed by atoms with Crippen LogP contribution in [0, 0.1) is 0 Å². The first-order chi connectivity index (χ1) is 7.07. The van der Waals surface area contributed by atoms with Crippen molar-refractivity contribution in [2.75, 3.05) is 26.8 Å². The minimum Gasteiger partial charge on any atom is -0.385 e. The number of nitrogens with one attached hydrogen (secondary N) is 2. The second-order valence-corrected chi connectivity index (χ2v) is 3.70. The van der Waals surface area contributed by atoms with Gasteiger partial charge in [-0.15, -0.1) is 0 Å². The number of carbonyl (C=O) groups is 1. The van der Waals surface area contributed by atoms with E-state index in [4.69, 9.17) is 4.74 Å². The molecule has 0 aliphatic rings. The predicted molar refractivity (Wildman–Crippen MR) is 61.8 cm³/mol. The maximum absolute atomic E-state index is 11.5. The first-order valence-electron chi connectivity index (χ1n) is 5.22. The number of amides is 1. The number of ether oxygens (including phenoxy) is 1. The predicted octanol–water partition coefficient (Wildman–Crippen LogP) is 0.693. The lowest BCUT2D eigenvalue weighted by atomic mass is 10.2. The van der Waals surface area contributed by atoms with Gasteiger partial charge in [-0.2, -0.15) is 0 Å². The number of hydrogen-bond acceptors (Lipinski definition) is 3. The summed E-state index contributed by atoms with van der Waals surface area (Å²) < 4.78 is 4.88. The molecule has 0 heterocycles. The van der Waals surface area contributed by atoms with Crippen LogP contribution in [0.25, 0.3) is 0 Å². The number of methoxy groups -OCH3 is 1. The zero-order valence-electron chi connectivity index (χ0n) is 9.93. The Morgan fingerprint density at radius 2 is 2.20 bits per heavy atom. The van der Waals surface area contributed by atoms with Gasteiger partial charge in [0.15, 0.2) is 0 Å². The molecular formula is C11H22N2O2. The van der Waals surface area contributed by atoms with Gasteiger partial charge in [0, 0.05) is 26.8 Å². The van der Waals surface area contributed by atoms with Gasteiger partial charge in [-0.25, -0.2) is 0 Å². The van der Waals surface area contributed by atoms with E-state index in [0.717, 1.165) is 12.0 Å². The molecule has 88 valence electrons. The van der Waals surface area contributed by atoms with Crippen LogP contribution in [0.1, 0.15) is 20.3 Å². The van der Waals surface area contributed by atoms with Crippen molar-refractivity contribution < 1.29 is 9.53 Å². The maximum atomic E-state index is 11.5. The van der Waals surface area contributed by atoms with Crippen LogP contribution in [-0.4, -0.2) is 38.8 Å². The Bertz CT molecular complexity index is 205. The molecule has 0 aromatic carbocycles. The highest BCUT2D eigenvalue weighted by Crippen LogP contribution is 1.87. The van der Waals surface area contributed by atoms with Gasteiger partial charge in [0.1, 0.15) is 0 Å². The van der Waals surface area contributed by atoms with Crippen LogP contribution in [0.4, 0.5) is 0 Å². The van der Waals surface area contributed by atoms with E-state index in [1.165, 1.54) is 0 Å². The Morgan fingerprint density at radius 1 is 1.53 bits per heavy atom. The van der Waals surface area contributed by atoms with E-state index in [9.17, 15) is 4.79 Å². The number of hydrogen-bond donors (Lipinski definition) is 2.